The molecule has 0 radical (unpaired) electrons. The third kappa shape index (κ3) is 3.08. The number of ether oxygens (including phenoxy) is 4. The normalized spacial score (nSPS) is 34.6. The summed E-state index contributed by atoms with van der Waals surface area (Å²) in [6.07, 6.45) is -4.46. The zero-order valence-electron chi connectivity index (χ0n) is 11.6. The van der Waals surface area contributed by atoms with Crippen LogP contribution in [-0.2, 0) is 28.5 Å². The molecule has 2 saturated heterocycles. The number of azide groups is 1. The van der Waals surface area contributed by atoms with Crippen molar-refractivity contribution in [3.8, 4) is 0 Å². The van der Waals surface area contributed by atoms with Crippen molar-refractivity contribution < 1.29 is 33.6 Å². The van der Waals surface area contributed by atoms with E-state index < -0.39 is 48.4 Å². The maximum absolute atomic E-state index is 11.2. The largest absolute Gasteiger partial charge is 0.478 e. The Hall–Kier alpha value is -1.87. The van der Waals surface area contributed by atoms with E-state index in [9.17, 15) is 9.59 Å². The number of rotatable bonds is 4. The lowest BCUT2D eigenvalue weighted by molar-refractivity contribution is -0.220. The van der Waals surface area contributed by atoms with Gasteiger partial charge in [-0.05, 0) is 19.4 Å². The number of nitrogens with zero attached hydrogens (tertiary/aromatic N) is 3. The van der Waals surface area contributed by atoms with Gasteiger partial charge in [0.25, 0.3) is 0 Å². The van der Waals surface area contributed by atoms with E-state index in [1.807, 2.05) is 0 Å². The molecule has 0 amide bonds. The zero-order chi connectivity index (χ0) is 15.8. The Kier molecular flexibility index (Phi) is 4.06. The van der Waals surface area contributed by atoms with Gasteiger partial charge in [-0.3, -0.25) is 4.79 Å². The van der Waals surface area contributed by atoms with Crippen molar-refractivity contribution in [2.75, 3.05) is 0 Å². The van der Waals surface area contributed by atoms with Crippen molar-refractivity contribution in [1.82, 2.24) is 0 Å². The SMILES string of the molecule is CC(=O)O[C@H](C(=O)O)[C@H]1O[C@@H]2OC(C)(C)O[C@@H]2[C@@H]1N=[N+]=[N-]. The number of aliphatic carboxylic acids is 1. The Morgan fingerprint density at radius 1 is 1.43 bits per heavy atom. The highest BCUT2D eigenvalue weighted by Gasteiger charge is 2.58. The summed E-state index contributed by atoms with van der Waals surface area (Å²) in [6.45, 7) is 4.37. The van der Waals surface area contributed by atoms with Gasteiger partial charge in [-0.2, -0.15) is 0 Å². The highest BCUT2D eigenvalue weighted by atomic mass is 16.8. The van der Waals surface area contributed by atoms with Crippen molar-refractivity contribution in [1.29, 1.82) is 0 Å². The van der Waals surface area contributed by atoms with Crippen LogP contribution in [0.25, 0.3) is 10.4 Å². The molecule has 2 rings (SSSR count). The summed E-state index contributed by atoms with van der Waals surface area (Å²) in [7, 11) is 0. The molecule has 0 saturated carbocycles. The predicted octanol–water partition coefficient (Wildman–Crippen LogP) is 0.558. The molecule has 0 bridgehead atoms. The average Bonchev–Trinajstić information content (AvgIpc) is 2.80. The summed E-state index contributed by atoms with van der Waals surface area (Å²) >= 11 is 0. The number of hydrogen-bond donors (Lipinski definition) is 1. The van der Waals surface area contributed by atoms with Crippen molar-refractivity contribution in [3.63, 3.8) is 0 Å². The molecule has 0 aliphatic carbocycles. The summed E-state index contributed by atoms with van der Waals surface area (Å²) in [5.41, 5.74) is 8.65. The zero-order valence-corrected chi connectivity index (χ0v) is 11.6. The van der Waals surface area contributed by atoms with E-state index in [2.05, 4.69) is 10.0 Å². The molecule has 0 aromatic rings. The summed E-state index contributed by atoms with van der Waals surface area (Å²) in [4.78, 5) is 24.9. The van der Waals surface area contributed by atoms with Crippen LogP contribution in [0.4, 0.5) is 0 Å². The second-order valence-electron chi connectivity index (χ2n) is 5.13. The first-order valence-electron chi connectivity index (χ1n) is 6.20. The van der Waals surface area contributed by atoms with E-state index in [0.29, 0.717) is 0 Å². The fourth-order valence-corrected chi connectivity index (χ4v) is 2.39. The molecule has 0 aromatic carbocycles. The van der Waals surface area contributed by atoms with Crippen molar-refractivity contribution in [2.45, 2.75) is 57.2 Å². The summed E-state index contributed by atoms with van der Waals surface area (Å²) in [5.74, 6) is -3.14. The summed E-state index contributed by atoms with van der Waals surface area (Å²) in [6, 6.07) is -0.984. The fraction of sp³-hybridized carbons (Fsp3) is 0.818. The molecule has 0 aromatic heterocycles. The molecule has 21 heavy (non-hydrogen) atoms. The number of hydrogen-bond acceptors (Lipinski definition) is 7. The van der Waals surface area contributed by atoms with Gasteiger partial charge < -0.3 is 24.1 Å². The van der Waals surface area contributed by atoms with E-state index >= 15 is 0 Å². The van der Waals surface area contributed by atoms with Crippen LogP contribution in [0.1, 0.15) is 20.8 Å². The Labute approximate surface area is 119 Å². The van der Waals surface area contributed by atoms with E-state index in [0.717, 1.165) is 6.92 Å². The smallest absolute Gasteiger partial charge is 0.347 e. The second kappa shape index (κ2) is 5.49. The number of carboxylic acids is 1. The van der Waals surface area contributed by atoms with Gasteiger partial charge in [0.15, 0.2) is 12.1 Å². The summed E-state index contributed by atoms with van der Waals surface area (Å²) < 4.78 is 21.2. The Bertz CT molecular complexity index is 502. The van der Waals surface area contributed by atoms with E-state index in [1.165, 1.54) is 0 Å². The lowest BCUT2D eigenvalue weighted by Crippen LogP contribution is -2.45. The lowest BCUT2D eigenvalue weighted by Gasteiger charge is -2.26. The molecule has 2 fully saturated rings. The molecule has 2 heterocycles. The van der Waals surface area contributed by atoms with Gasteiger partial charge in [-0.1, -0.05) is 5.11 Å². The first kappa shape index (κ1) is 15.5. The minimum Gasteiger partial charge on any atom is -0.478 e. The molecular formula is C11H15N3O7. The van der Waals surface area contributed by atoms with Gasteiger partial charge in [0.1, 0.15) is 12.2 Å². The Morgan fingerprint density at radius 3 is 2.62 bits per heavy atom. The number of carbonyl (C=O) groups is 2. The quantitative estimate of drug-likeness (QED) is 0.346. The van der Waals surface area contributed by atoms with Crippen molar-refractivity contribution >= 4 is 11.9 Å². The molecule has 0 unspecified atom stereocenters. The van der Waals surface area contributed by atoms with Crippen LogP contribution < -0.4 is 0 Å². The average molecular weight is 301 g/mol. The number of carbonyl (C=O) groups excluding carboxylic acids is 1. The molecule has 10 nitrogen and oxygen atoms in total. The maximum atomic E-state index is 11.2. The first-order chi connectivity index (χ1) is 9.75. The van der Waals surface area contributed by atoms with E-state index in [4.69, 9.17) is 29.6 Å². The standard InChI is InChI=1S/C11H15N3O7/c1-4(15)18-8(9(16)17)6-5(13-14-12)7-10(19-6)21-11(2,3)20-7/h5-8,10H,1-3H3,(H,16,17)/t5-,6+,7-,8+,10-/m1/s1. The van der Waals surface area contributed by atoms with Crippen LogP contribution in [0, 0.1) is 0 Å². The maximum Gasteiger partial charge on any atom is 0.347 e. The minimum atomic E-state index is -1.61. The van der Waals surface area contributed by atoms with Crippen LogP contribution in [-0.4, -0.2) is 53.5 Å². The molecule has 5 atom stereocenters. The van der Waals surface area contributed by atoms with Gasteiger partial charge >= 0.3 is 11.9 Å². The number of fused-ring (bicyclic) bond motifs is 1. The lowest BCUT2D eigenvalue weighted by atomic mass is 10.0. The third-order valence-corrected chi connectivity index (χ3v) is 3.07. The number of esters is 1. The second-order valence-corrected chi connectivity index (χ2v) is 5.13. The number of carboxylic acid groups (broad SMARTS) is 1. The predicted molar refractivity (Wildman–Crippen MR) is 64.8 cm³/mol. The Morgan fingerprint density at radius 2 is 2.10 bits per heavy atom. The molecule has 10 heteroatoms. The van der Waals surface area contributed by atoms with Crippen LogP contribution in [0.15, 0.2) is 5.11 Å². The molecule has 2 aliphatic rings. The third-order valence-electron chi connectivity index (χ3n) is 3.07. The highest BCUT2D eigenvalue weighted by Crippen LogP contribution is 2.40. The molecule has 1 N–H and O–H groups in total. The van der Waals surface area contributed by atoms with Crippen LogP contribution in [0.5, 0.6) is 0 Å². The monoisotopic (exact) mass is 301 g/mol. The topological polar surface area (TPSA) is 140 Å². The van der Waals surface area contributed by atoms with Crippen LogP contribution in [0.2, 0.25) is 0 Å². The molecule has 2 aliphatic heterocycles. The summed E-state index contributed by atoms with van der Waals surface area (Å²) in [5, 5.41) is 12.7. The molecule has 116 valence electrons. The van der Waals surface area contributed by atoms with E-state index in [-0.39, 0.29) is 0 Å². The van der Waals surface area contributed by atoms with Gasteiger partial charge in [-0.15, -0.1) is 0 Å². The minimum absolute atomic E-state index is 0.765. The fourth-order valence-electron chi connectivity index (χ4n) is 2.39. The van der Waals surface area contributed by atoms with Gasteiger partial charge in [0.05, 0.1) is 6.04 Å². The Balaban J connectivity index is 2.25. The van der Waals surface area contributed by atoms with Crippen molar-refractivity contribution in [2.24, 2.45) is 5.11 Å². The van der Waals surface area contributed by atoms with Gasteiger partial charge in [0.2, 0.25) is 6.10 Å². The first-order valence-corrected chi connectivity index (χ1v) is 6.20. The molecular weight excluding hydrogens is 286 g/mol. The van der Waals surface area contributed by atoms with E-state index in [1.54, 1.807) is 13.8 Å². The van der Waals surface area contributed by atoms with Gasteiger partial charge in [-0.25, -0.2) is 4.79 Å². The van der Waals surface area contributed by atoms with Crippen molar-refractivity contribution in [3.05, 3.63) is 10.4 Å². The highest BCUT2D eigenvalue weighted by molar-refractivity contribution is 5.77. The molecule has 0 spiro atoms. The van der Waals surface area contributed by atoms with Crippen LogP contribution in [0.3, 0.4) is 0 Å². The van der Waals surface area contributed by atoms with Crippen LogP contribution >= 0.6 is 0 Å². The van der Waals surface area contributed by atoms with Gasteiger partial charge in [0, 0.05) is 11.8 Å².